The first kappa shape index (κ1) is 26.2. The SMILES string of the molecule is CC1(Nc2cc(C(=O)N3CCC(CCCNC(=O)c4ccccc4O)CC3)nc(-c3cnn4ccsc34)n2)CC1. The smallest absolute Gasteiger partial charge is 0.272 e. The number of aromatic hydroxyl groups is 1. The van der Waals surface area contributed by atoms with Gasteiger partial charge in [-0.25, -0.2) is 14.5 Å². The van der Waals surface area contributed by atoms with Gasteiger partial charge in [0, 0.05) is 42.8 Å². The number of hydrogen-bond acceptors (Lipinski definition) is 8. The van der Waals surface area contributed by atoms with Crippen LogP contribution >= 0.6 is 11.3 Å². The van der Waals surface area contributed by atoms with E-state index in [0.29, 0.717) is 48.5 Å². The zero-order chi connectivity index (χ0) is 27.7. The predicted octanol–water partition coefficient (Wildman–Crippen LogP) is 4.59. The highest BCUT2D eigenvalue weighted by Crippen LogP contribution is 2.38. The van der Waals surface area contributed by atoms with Gasteiger partial charge in [-0.2, -0.15) is 5.10 Å². The van der Waals surface area contributed by atoms with E-state index >= 15 is 0 Å². The maximum Gasteiger partial charge on any atom is 0.272 e. The Bertz CT molecular complexity index is 1540. The second-order valence-electron chi connectivity index (χ2n) is 11.0. The van der Waals surface area contributed by atoms with Crippen molar-refractivity contribution >= 4 is 33.8 Å². The first-order chi connectivity index (χ1) is 19.4. The standard InChI is InChI=1S/C29H33N7O3S/c1-29(10-11-29)34-24-17-22(32-25(33-24)21-18-31-36-15-16-40-28(21)36)27(39)35-13-8-19(9-14-35)5-4-12-30-26(38)20-6-2-3-7-23(20)37/h2-3,6-7,15-19,37H,4-5,8-14H2,1H3,(H,30,38)(H,32,33,34). The average Bonchev–Trinajstić information content (AvgIpc) is 3.32. The predicted molar refractivity (Wildman–Crippen MR) is 154 cm³/mol. The van der Waals surface area contributed by atoms with E-state index in [1.807, 2.05) is 16.5 Å². The van der Waals surface area contributed by atoms with Crippen LogP contribution in [0.4, 0.5) is 5.82 Å². The molecule has 4 heterocycles. The lowest BCUT2D eigenvalue weighted by atomic mass is 9.92. The number of rotatable bonds is 9. The van der Waals surface area contributed by atoms with E-state index in [0.717, 1.165) is 48.9 Å². The van der Waals surface area contributed by atoms with Crippen molar-refractivity contribution < 1.29 is 14.7 Å². The Morgan fingerprint density at radius 3 is 2.75 bits per heavy atom. The van der Waals surface area contributed by atoms with Gasteiger partial charge in [0.1, 0.15) is 22.1 Å². The van der Waals surface area contributed by atoms with Crippen molar-refractivity contribution in [1.29, 1.82) is 0 Å². The number of nitrogens with zero attached hydrogens (tertiary/aromatic N) is 5. The largest absolute Gasteiger partial charge is 0.507 e. The number of aromatic nitrogens is 4. The molecule has 1 saturated carbocycles. The van der Waals surface area contributed by atoms with E-state index in [9.17, 15) is 14.7 Å². The minimum absolute atomic E-state index is 0.0115. The van der Waals surface area contributed by atoms with Gasteiger partial charge in [0.15, 0.2) is 5.82 Å². The minimum Gasteiger partial charge on any atom is -0.507 e. The fourth-order valence-electron chi connectivity index (χ4n) is 5.18. The number of fused-ring (bicyclic) bond motifs is 1. The quantitative estimate of drug-likeness (QED) is 0.256. The summed E-state index contributed by atoms with van der Waals surface area (Å²) in [4.78, 5) is 38.2. The van der Waals surface area contributed by atoms with E-state index in [1.54, 1.807) is 46.3 Å². The molecule has 2 amide bonds. The Labute approximate surface area is 236 Å². The Kier molecular flexibility index (Phi) is 7.14. The van der Waals surface area contributed by atoms with Gasteiger partial charge in [-0.05, 0) is 63.5 Å². The molecule has 6 rings (SSSR count). The first-order valence-corrected chi connectivity index (χ1v) is 14.7. The number of carbonyl (C=O) groups excluding carboxylic acids is 2. The maximum atomic E-state index is 13.6. The van der Waals surface area contributed by atoms with Gasteiger partial charge in [-0.3, -0.25) is 9.59 Å². The molecule has 2 aliphatic rings. The van der Waals surface area contributed by atoms with Gasteiger partial charge in [0.25, 0.3) is 11.8 Å². The lowest BCUT2D eigenvalue weighted by molar-refractivity contribution is 0.0679. The summed E-state index contributed by atoms with van der Waals surface area (Å²) in [6.07, 6.45) is 9.47. The maximum absolute atomic E-state index is 13.6. The summed E-state index contributed by atoms with van der Waals surface area (Å²) in [5.41, 5.74) is 1.53. The van der Waals surface area contributed by atoms with Gasteiger partial charge >= 0.3 is 0 Å². The third kappa shape index (κ3) is 5.65. The van der Waals surface area contributed by atoms with Crippen LogP contribution in [0.3, 0.4) is 0 Å². The molecule has 1 aromatic carbocycles. The van der Waals surface area contributed by atoms with E-state index in [2.05, 4.69) is 22.7 Å². The van der Waals surface area contributed by atoms with Gasteiger partial charge in [0.05, 0.1) is 17.3 Å². The van der Waals surface area contributed by atoms with Crippen molar-refractivity contribution in [2.75, 3.05) is 25.0 Å². The Morgan fingerprint density at radius 2 is 1.98 bits per heavy atom. The second-order valence-corrected chi connectivity index (χ2v) is 11.9. The van der Waals surface area contributed by atoms with Crippen LogP contribution in [-0.4, -0.2) is 66.6 Å². The number of anilines is 1. The molecule has 40 heavy (non-hydrogen) atoms. The molecule has 0 spiro atoms. The fraction of sp³-hybridized carbons (Fsp3) is 0.414. The highest BCUT2D eigenvalue weighted by molar-refractivity contribution is 7.16. The summed E-state index contributed by atoms with van der Waals surface area (Å²) in [5, 5.41) is 22.6. The lowest BCUT2D eigenvalue weighted by Gasteiger charge is -2.32. The summed E-state index contributed by atoms with van der Waals surface area (Å²) >= 11 is 1.57. The molecule has 3 aromatic heterocycles. The van der Waals surface area contributed by atoms with Gasteiger partial charge < -0.3 is 20.6 Å². The third-order valence-electron chi connectivity index (χ3n) is 7.87. The van der Waals surface area contributed by atoms with Gasteiger partial charge in [0.2, 0.25) is 0 Å². The van der Waals surface area contributed by atoms with Crippen molar-refractivity contribution in [2.45, 2.75) is 51.0 Å². The number of thiazole rings is 1. The van der Waals surface area contributed by atoms with E-state index in [4.69, 9.17) is 9.97 Å². The molecule has 0 unspecified atom stereocenters. The minimum atomic E-state index is -0.261. The summed E-state index contributed by atoms with van der Waals surface area (Å²) in [6, 6.07) is 8.33. The van der Waals surface area contributed by atoms with Gasteiger partial charge in [-0.15, -0.1) is 11.3 Å². The van der Waals surface area contributed by atoms with Crippen LogP contribution in [0.5, 0.6) is 5.75 Å². The van der Waals surface area contributed by atoms with Crippen LogP contribution in [-0.2, 0) is 0 Å². The monoisotopic (exact) mass is 559 g/mol. The number of amides is 2. The molecule has 1 aliphatic heterocycles. The number of phenolic OH excluding ortho intramolecular Hbond substituents is 1. The average molecular weight is 560 g/mol. The highest BCUT2D eigenvalue weighted by atomic mass is 32.1. The normalized spacial score (nSPS) is 16.7. The zero-order valence-corrected chi connectivity index (χ0v) is 23.3. The van der Waals surface area contributed by atoms with E-state index in [1.165, 1.54) is 6.07 Å². The lowest BCUT2D eigenvalue weighted by Crippen LogP contribution is -2.39. The Morgan fingerprint density at radius 1 is 1.18 bits per heavy atom. The van der Waals surface area contributed by atoms with Crippen molar-refractivity contribution in [1.82, 2.24) is 29.8 Å². The molecule has 2 fully saturated rings. The molecule has 11 heteroatoms. The fourth-order valence-corrected chi connectivity index (χ4v) is 5.98. The molecule has 3 N–H and O–H groups in total. The van der Waals surface area contributed by atoms with E-state index in [-0.39, 0.29) is 23.1 Å². The van der Waals surface area contributed by atoms with Crippen LogP contribution in [0, 0.1) is 5.92 Å². The number of para-hydroxylation sites is 1. The van der Waals surface area contributed by atoms with Gasteiger partial charge in [-0.1, -0.05) is 12.1 Å². The zero-order valence-electron chi connectivity index (χ0n) is 22.5. The summed E-state index contributed by atoms with van der Waals surface area (Å²) < 4.78 is 1.80. The Hall–Kier alpha value is -3.99. The number of piperidine rings is 1. The first-order valence-electron chi connectivity index (χ1n) is 13.8. The molecule has 10 nitrogen and oxygen atoms in total. The Balaban J connectivity index is 1.06. The molecular formula is C29H33N7O3S. The molecule has 4 aromatic rings. The summed E-state index contributed by atoms with van der Waals surface area (Å²) in [5.74, 6) is 1.33. The van der Waals surface area contributed by atoms with Crippen molar-refractivity contribution in [3.05, 3.63) is 59.4 Å². The van der Waals surface area contributed by atoms with Crippen LogP contribution in [0.2, 0.25) is 0 Å². The van der Waals surface area contributed by atoms with Crippen molar-refractivity contribution in [2.24, 2.45) is 5.92 Å². The second kappa shape index (κ2) is 10.9. The number of carbonyl (C=O) groups is 2. The summed E-state index contributed by atoms with van der Waals surface area (Å²) in [6.45, 7) is 4.07. The van der Waals surface area contributed by atoms with Crippen LogP contribution in [0.1, 0.15) is 66.3 Å². The molecule has 208 valence electrons. The van der Waals surface area contributed by atoms with E-state index < -0.39 is 0 Å². The number of benzene rings is 1. The third-order valence-corrected chi connectivity index (χ3v) is 8.76. The number of phenols is 1. The summed E-state index contributed by atoms with van der Waals surface area (Å²) in [7, 11) is 0. The van der Waals surface area contributed by atoms with Crippen molar-refractivity contribution in [3.8, 4) is 17.1 Å². The molecule has 1 saturated heterocycles. The van der Waals surface area contributed by atoms with Crippen molar-refractivity contribution in [3.63, 3.8) is 0 Å². The molecule has 1 aliphatic carbocycles. The van der Waals surface area contributed by atoms with Crippen LogP contribution in [0.25, 0.3) is 16.2 Å². The number of hydrogen-bond donors (Lipinski definition) is 3. The molecule has 0 radical (unpaired) electrons. The molecule has 0 atom stereocenters. The topological polar surface area (TPSA) is 125 Å². The van der Waals surface area contributed by atoms with Crippen LogP contribution < -0.4 is 10.6 Å². The molecular weight excluding hydrogens is 526 g/mol. The highest BCUT2D eigenvalue weighted by Gasteiger charge is 2.38. The van der Waals surface area contributed by atoms with Crippen LogP contribution in [0.15, 0.2) is 48.1 Å². The number of likely N-dealkylation sites (tertiary alicyclic amines) is 1. The number of nitrogens with one attached hydrogen (secondary N) is 2. The molecule has 0 bridgehead atoms.